The van der Waals surface area contributed by atoms with Crippen molar-refractivity contribution in [3.05, 3.63) is 0 Å². The highest BCUT2D eigenvalue weighted by atomic mass is 28.4. The van der Waals surface area contributed by atoms with Crippen LogP contribution in [0.3, 0.4) is 0 Å². The van der Waals surface area contributed by atoms with Gasteiger partial charge in [0.05, 0.1) is 0 Å². The van der Waals surface area contributed by atoms with Crippen molar-refractivity contribution in [2.45, 2.75) is 156 Å². The third kappa shape index (κ3) is 9.34. The first-order valence-corrected chi connectivity index (χ1v) is 24.2. The van der Waals surface area contributed by atoms with Crippen molar-refractivity contribution >= 4 is 32.9 Å². The van der Waals surface area contributed by atoms with Gasteiger partial charge in [-0.1, -0.05) is 83.1 Å². The van der Waals surface area contributed by atoms with E-state index in [1.165, 1.54) is 72.5 Å². The maximum atomic E-state index is 4.26. The van der Waals surface area contributed by atoms with Crippen molar-refractivity contribution in [3.63, 3.8) is 0 Å². The Morgan fingerprint density at radius 1 is 0.267 bits per heavy atom. The molecule has 0 bridgehead atoms. The second kappa shape index (κ2) is 16.4. The van der Waals surface area contributed by atoms with Crippen LogP contribution in [0.2, 0.25) is 72.5 Å². The van der Waals surface area contributed by atoms with Gasteiger partial charge in [0.15, 0.2) is 0 Å². The molecule has 0 atom stereocenters. The molecule has 0 aliphatic heterocycles. The summed E-state index contributed by atoms with van der Waals surface area (Å²) in [6.07, 6.45) is 0. The molecule has 0 radical (unpaired) electrons. The Bertz CT molecular complexity index is 295. The molecular weight excluding hydrogens is 429 g/mol. The van der Waals surface area contributed by atoms with Crippen molar-refractivity contribution in [2.24, 2.45) is 0 Å². The first-order valence-electron chi connectivity index (χ1n) is 13.7. The molecule has 2 N–H and O–H groups in total. The van der Waals surface area contributed by atoms with Crippen molar-refractivity contribution in [1.29, 1.82) is 0 Å². The molecule has 6 heteroatoms. The summed E-state index contributed by atoms with van der Waals surface area (Å²) in [5, 5.41) is 0. The van der Waals surface area contributed by atoms with E-state index in [0.29, 0.717) is 0 Å². The lowest BCUT2D eigenvalue weighted by Gasteiger charge is -2.41. The zero-order chi connectivity index (χ0) is 23.9. The van der Waals surface area contributed by atoms with E-state index >= 15 is 0 Å². The van der Waals surface area contributed by atoms with Crippen LogP contribution >= 0.6 is 0 Å². The Morgan fingerprint density at radius 3 is 0.433 bits per heavy atom. The average molecular weight is 491 g/mol. The van der Waals surface area contributed by atoms with E-state index in [2.05, 4.69) is 92.4 Å². The fraction of sp³-hybridized carbons (Fsp3) is 1.00. The van der Waals surface area contributed by atoms with Gasteiger partial charge < -0.3 is 9.30 Å². The predicted molar refractivity (Wildman–Crippen MR) is 155 cm³/mol. The summed E-state index contributed by atoms with van der Waals surface area (Å²) >= 11 is 0. The standard InChI is InChI=1S/2C12H31NSi2/c2*1-7-14(8-2,9-3)13-15(10-4,11-5)12-6/h2*13H,7-12H2,1-6H3. The van der Waals surface area contributed by atoms with Gasteiger partial charge in [-0.15, -0.1) is 0 Å². The van der Waals surface area contributed by atoms with Gasteiger partial charge in [-0.25, -0.2) is 0 Å². The van der Waals surface area contributed by atoms with Crippen LogP contribution in [-0.2, 0) is 0 Å². The fourth-order valence-electron chi connectivity index (χ4n) is 5.19. The first kappa shape index (κ1) is 33.0. The molecule has 30 heavy (non-hydrogen) atoms. The largest absolute Gasteiger partial charge is 0.359 e. The molecule has 0 unspecified atom stereocenters. The van der Waals surface area contributed by atoms with Crippen molar-refractivity contribution in [2.75, 3.05) is 0 Å². The smallest absolute Gasteiger partial charge is 0.118 e. The zero-order valence-electron chi connectivity index (χ0n) is 23.5. The lowest BCUT2D eigenvalue weighted by atomic mass is 10.9. The van der Waals surface area contributed by atoms with Gasteiger partial charge in [-0.05, 0) is 72.5 Å². The van der Waals surface area contributed by atoms with E-state index < -0.39 is 32.9 Å². The van der Waals surface area contributed by atoms with E-state index in [9.17, 15) is 0 Å². The minimum Gasteiger partial charge on any atom is -0.359 e. The second-order valence-electron chi connectivity index (χ2n) is 9.61. The van der Waals surface area contributed by atoms with Gasteiger partial charge in [0.25, 0.3) is 0 Å². The maximum Gasteiger partial charge on any atom is 0.118 e. The van der Waals surface area contributed by atoms with Gasteiger partial charge in [0.1, 0.15) is 32.9 Å². The van der Waals surface area contributed by atoms with E-state index in [-0.39, 0.29) is 0 Å². The van der Waals surface area contributed by atoms with Crippen LogP contribution in [-0.4, -0.2) is 32.9 Å². The molecule has 0 aromatic carbocycles. The minimum absolute atomic E-state index is 1.10. The van der Waals surface area contributed by atoms with E-state index in [1.807, 2.05) is 0 Å². The summed E-state index contributed by atoms with van der Waals surface area (Å²) in [5.74, 6) is 0. The molecule has 0 aliphatic carbocycles. The van der Waals surface area contributed by atoms with Crippen LogP contribution in [0.4, 0.5) is 0 Å². The molecule has 0 aromatic heterocycles. The summed E-state index contributed by atoms with van der Waals surface area (Å²) in [4.78, 5) is 0. The molecule has 0 heterocycles. The lowest BCUT2D eigenvalue weighted by Crippen LogP contribution is -2.63. The number of nitrogens with one attached hydrogen (secondary N) is 2. The highest BCUT2D eigenvalue weighted by Gasteiger charge is 2.38. The van der Waals surface area contributed by atoms with Crippen LogP contribution in [0.25, 0.3) is 0 Å². The molecule has 0 saturated heterocycles. The summed E-state index contributed by atoms with van der Waals surface area (Å²) in [6, 6.07) is 16.9. The quantitative estimate of drug-likeness (QED) is 0.211. The Hall–Kier alpha value is 0.788. The molecule has 0 saturated carbocycles. The molecule has 0 spiro atoms. The predicted octanol–water partition coefficient (Wildman–Crippen LogP) is 9.17. The SMILES string of the molecule is CC[Si](CC)(CC)N[Si](CC)(CC)CC.CC[Si](CC)(CC)N[Si](CC)(CC)CC. The molecule has 0 aliphatic rings. The van der Waals surface area contributed by atoms with Gasteiger partial charge in [-0.2, -0.15) is 0 Å². The van der Waals surface area contributed by atoms with Gasteiger partial charge in [0.2, 0.25) is 0 Å². The fourth-order valence-corrected chi connectivity index (χ4v) is 28.7. The highest BCUT2D eigenvalue weighted by molar-refractivity contribution is 6.94. The summed E-state index contributed by atoms with van der Waals surface area (Å²) in [5.41, 5.74) is 0. The van der Waals surface area contributed by atoms with Crippen molar-refractivity contribution in [1.82, 2.24) is 9.30 Å². The third-order valence-electron chi connectivity index (χ3n) is 9.18. The summed E-state index contributed by atoms with van der Waals surface area (Å²) in [7, 11) is -4.42. The summed E-state index contributed by atoms with van der Waals surface area (Å²) < 4.78 is 8.51. The van der Waals surface area contributed by atoms with Gasteiger partial charge in [0, 0.05) is 0 Å². The molecule has 0 amide bonds. The van der Waals surface area contributed by atoms with Crippen molar-refractivity contribution < 1.29 is 0 Å². The third-order valence-corrected chi connectivity index (χ3v) is 33.9. The molecule has 0 fully saturated rings. The summed E-state index contributed by atoms with van der Waals surface area (Å²) in [6.45, 7) is 28.7. The first-order chi connectivity index (χ1) is 14.1. The minimum atomic E-state index is -1.10. The average Bonchev–Trinajstić information content (AvgIpc) is 2.83. The van der Waals surface area contributed by atoms with Crippen LogP contribution in [0, 0.1) is 0 Å². The molecular formula is C24H62N2Si4. The second-order valence-corrected chi connectivity index (χ2v) is 30.3. The Kier molecular flexibility index (Phi) is 18.0. The topological polar surface area (TPSA) is 24.1 Å². The highest BCUT2D eigenvalue weighted by Crippen LogP contribution is 2.26. The van der Waals surface area contributed by atoms with E-state index in [4.69, 9.17) is 0 Å². The van der Waals surface area contributed by atoms with Gasteiger partial charge >= 0.3 is 0 Å². The monoisotopic (exact) mass is 490 g/mol. The molecule has 0 aromatic rings. The van der Waals surface area contributed by atoms with Crippen LogP contribution in [0.1, 0.15) is 83.1 Å². The molecule has 2 nitrogen and oxygen atoms in total. The number of hydrogen-bond donors (Lipinski definition) is 2. The van der Waals surface area contributed by atoms with Gasteiger partial charge in [-0.3, -0.25) is 0 Å². The molecule has 184 valence electrons. The van der Waals surface area contributed by atoms with E-state index in [0.717, 1.165) is 0 Å². The maximum absolute atomic E-state index is 4.26. The number of rotatable bonds is 16. The normalized spacial score (nSPS) is 13.2. The Balaban J connectivity index is 0. The Morgan fingerprint density at radius 2 is 0.367 bits per heavy atom. The van der Waals surface area contributed by atoms with Crippen LogP contribution in [0.15, 0.2) is 0 Å². The van der Waals surface area contributed by atoms with Crippen molar-refractivity contribution in [3.8, 4) is 0 Å². The number of hydrogen-bond acceptors (Lipinski definition) is 2. The van der Waals surface area contributed by atoms with Crippen LogP contribution < -0.4 is 9.30 Å². The zero-order valence-corrected chi connectivity index (χ0v) is 27.5. The van der Waals surface area contributed by atoms with E-state index in [1.54, 1.807) is 0 Å². The van der Waals surface area contributed by atoms with Crippen LogP contribution in [0.5, 0.6) is 0 Å². The Labute approximate surface area is 197 Å². The molecule has 0 rings (SSSR count). The lowest BCUT2D eigenvalue weighted by molar-refractivity contribution is 1.02.